The number of ether oxygens (including phenoxy) is 1. The number of Topliss-reactive ketones (excluding diaryl/α,β-unsaturated/α-hetero) is 1. The van der Waals surface area contributed by atoms with Crippen LogP contribution in [0.25, 0.3) is 0 Å². The minimum atomic E-state index is -0.380. The van der Waals surface area contributed by atoms with E-state index in [0.717, 1.165) is 41.8 Å². The molecule has 0 fully saturated rings. The molecule has 32 heavy (non-hydrogen) atoms. The second kappa shape index (κ2) is 9.64. The molecular weight excluding hydrogens is 398 g/mol. The molecule has 1 aromatic rings. The molecule has 0 amide bonds. The molecule has 1 N–H and O–H groups in total. The first kappa shape index (κ1) is 24.3. The van der Waals surface area contributed by atoms with Gasteiger partial charge in [-0.2, -0.15) is 0 Å². The van der Waals surface area contributed by atoms with Crippen LogP contribution in [0.5, 0.6) is 0 Å². The zero-order valence-electron chi connectivity index (χ0n) is 20.8. The number of hydrogen-bond acceptors (Lipinski definition) is 4. The molecule has 1 aromatic carbocycles. The van der Waals surface area contributed by atoms with E-state index in [-0.39, 0.29) is 29.0 Å². The van der Waals surface area contributed by atoms with E-state index in [4.69, 9.17) is 4.74 Å². The number of rotatable bonds is 6. The van der Waals surface area contributed by atoms with Crippen LogP contribution in [-0.4, -0.2) is 18.4 Å². The number of carbonyl (C=O) groups is 2. The van der Waals surface area contributed by atoms with Gasteiger partial charge >= 0.3 is 5.97 Å². The molecule has 1 heterocycles. The third kappa shape index (κ3) is 5.16. The molecule has 0 spiro atoms. The summed E-state index contributed by atoms with van der Waals surface area (Å²) in [6.45, 7) is 15.1. The van der Waals surface area contributed by atoms with Crippen LogP contribution in [0.15, 0.2) is 46.8 Å². The van der Waals surface area contributed by atoms with E-state index in [9.17, 15) is 9.59 Å². The molecule has 4 heteroatoms. The molecule has 174 valence electrons. The molecule has 0 radical (unpaired) electrons. The van der Waals surface area contributed by atoms with Crippen molar-refractivity contribution in [2.24, 2.45) is 11.8 Å². The smallest absolute Gasteiger partial charge is 0.336 e. The van der Waals surface area contributed by atoms with Crippen molar-refractivity contribution in [2.75, 3.05) is 6.61 Å². The van der Waals surface area contributed by atoms with E-state index in [1.54, 1.807) is 0 Å². The summed E-state index contributed by atoms with van der Waals surface area (Å²) in [5.41, 5.74) is 5.35. The van der Waals surface area contributed by atoms with E-state index >= 15 is 0 Å². The summed E-state index contributed by atoms with van der Waals surface area (Å²) in [5, 5.41) is 3.43. The van der Waals surface area contributed by atoms with Crippen molar-refractivity contribution in [1.82, 2.24) is 5.32 Å². The van der Waals surface area contributed by atoms with Gasteiger partial charge in [0, 0.05) is 29.3 Å². The first-order valence-electron chi connectivity index (χ1n) is 12.0. The predicted octanol–water partition coefficient (Wildman–Crippen LogP) is 6.18. The summed E-state index contributed by atoms with van der Waals surface area (Å²) in [6, 6.07) is 8.40. The van der Waals surface area contributed by atoms with Crippen LogP contribution in [0.3, 0.4) is 0 Å². The number of allylic oxidation sites excluding steroid dienone is 3. The second-order valence-electron chi connectivity index (χ2n) is 10.8. The maximum Gasteiger partial charge on any atom is 0.336 e. The first-order chi connectivity index (χ1) is 15.0. The van der Waals surface area contributed by atoms with Gasteiger partial charge < -0.3 is 10.1 Å². The van der Waals surface area contributed by atoms with Crippen molar-refractivity contribution in [2.45, 2.75) is 85.5 Å². The Labute approximate surface area is 193 Å². The topological polar surface area (TPSA) is 55.4 Å². The van der Waals surface area contributed by atoms with E-state index in [1.807, 2.05) is 20.8 Å². The minimum Gasteiger partial charge on any atom is -0.462 e. The largest absolute Gasteiger partial charge is 0.462 e. The Morgan fingerprint density at radius 3 is 2.38 bits per heavy atom. The maximum absolute atomic E-state index is 13.4. The third-order valence-corrected chi connectivity index (χ3v) is 6.49. The van der Waals surface area contributed by atoms with Crippen LogP contribution in [0.1, 0.15) is 91.2 Å². The highest BCUT2D eigenvalue weighted by Crippen LogP contribution is 2.44. The zero-order chi connectivity index (χ0) is 23.6. The SMILES string of the molecule is CCCC1CC(=O)C2=C(C1)NC(C)=C(C(=O)OCC(C)C)C2c1ccc(C(C)(C)C)cc1. The van der Waals surface area contributed by atoms with Crippen LogP contribution in [-0.2, 0) is 19.7 Å². The molecule has 0 aromatic heterocycles. The van der Waals surface area contributed by atoms with Gasteiger partial charge in [0.2, 0.25) is 0 Å². The number of ketones is 1. The van der Waals surface area contributed by atoms with Crippen molar-refractivity contribution in [3.63, 3.8) is 0 Å². The van der Waals surface area contributed by atoms with Gasteiger partial charge in [-0.25, -0.2) is 4.79 Å². The van der Waals surface area contributed by atoms with Gasteiger partial charge in [-0.05, 0) is 48.1 Å². The molecule has 0 saturated heterocycles. The average Bonchev–Trinajstić information content (AvgIpc) is 2.70. The summed E-state index contributed by atoms with van der Waals surface area (Å²) in [6.07, 6.45) is 3.52. The monoisotopic (exact) mass is 437 g/mol. The van der Waals surface area contributed by atoms with Crippen LogP contribution in [0.4, 0.5) is 0 Å². The van der Waals surface area contributed by atoms with E-state index in [1.165, 1.54) is 5.56 Å². The molecule has 2 unspecified atom stereocenters. The lowest BCUT2D eigenvalue weighted by Crippen LogP contribution is -2.36. The summed E-state index contributed by atoms with van der Waals surface area (Å²) in [5.74, 6) is 0.0640. The van der Waals surface area contributed by atoms with Gasteiger partial charge in [0.1, 0.15) is 0 Å². The molecule has 1 aliphatic heterocycles. The molecule has 2 aliphatic rings. The zero-order valence-corrected chi connectivity index (χ0v) is 20.8. The molecule has 0 saturated carbocycles. The number of carbonyl (C=O) groups excluding carboxylic acids is 2. The highest BCUT2D eigenvalue weighted by atomic mass is 16.5. The molecule has 2 atom stereocenters. The van der Waals surface area contributed by atoms with E-state index in [2.05, 4.69) is 57.3 Å². The van der Waals surface area contributed by atoms with Gasteiger partial charge in [0.15, 0.2) is 5.78 Å². The van der Waals surface area contributed by atoms with Gasteiger partial charge in [-0.1, -0.05) is 72.2 Å². The third-order valence-electron chi connectivity index (χ3n) is 6.49. The van der Waals surface area contributed by atoms with Gasteiger partial charge in [0.05, 0.1) is 12.2 Å². The summed E-state index contributed by atoms with van der Waals surface area (Å²) < 4.78 is 5.65. The van der Waals surface area contributed by atoms with Crippen LogP contribution in [0, 0.1) is 11.8 Å². The van der Waals surface area contributed by atoms with Gasteiger partial charge in [0.25, 0.3) is 0 Å². The van der Waals surface area contributed by atoms with E-state index in [0.29, 0.717) is 24.5 Å². The minimum absolute atomic E-state index is 0.0376. The Morgan fingerprint density at radius 2 is 1.81 bits per heavy atom. The van der Waals surface area contributed by atoms with Crippen LogP contribution in [0.2, 0.25) is 0 Å². The van der Waals surface area contributed by atoms with Gasteiger partial charge in [-0.3, -0.25) is 4.79 Å². The summed E-state index contributed by atoms with van der Waals surface area (Å²) >= 11 is 0. The lowest BCUT2D eigenvalue weighted by molar-refractivity contribution is -0.140. The van der Waals surface area contributed by atoms with Crippen molar-refractivity contribution in [3.8, 4) is 0 Å². The normalized spacial score (nSPS) is 21.6. The van der Waals surface area contributed by atoms with Crippen LogP contribution < -0.4 is 5.32 Å². The predicted molar refractivity (Wildman–Crippen MR) is 129 cm³/mol. The standard InChI is InChI=1S/C28H39NO3/c1-8-9-19-14-22-26(23(30)15-19)25(20-10-12-21(13-11-20)28(5,6)7)24(18(4)29-22)27(31)32-16-17(2)3/h10-13,17,19,25,29H,8-9,14-16H2,1-7H3. The fraction of sp³-hybridized carbons (Fsp3) is 0.571. The molecule has 1 aliphatic carbocycles. The van der Waals surface area contributed by atoms with Gasteiger partial charge in [-0.15, -0.1) is 0 Å². The molecule has 3 rings (SSSR count). The molecule has 4 nitrogen and oxygen atoms in total. The molecular formula is C28H39NO3. The number of nitrogens with one attached hydrogen (secondary N) is 1. The fourth-order valence-corrected chi connectivity index (χ4v) is 4.83. The van der Waals surface area contributed by atoms with Crippen molar-refractivity contribution < 1.29 is 14.3 Å². The number of dihydropyridines is 1. The number of benzene rings is 1. The Balaban J connectivity index is 2.07. The molecule has 0 bridgehead atoms. The maximum atomic E-state index is 13.4. The Kier molecular flexibility index (Phi) is 7.32. The van der Waals surface area contributed by atoms with Crippen molar-refractivity contribution in [1.29, 1.82) is 0 Å². The van der Waals surface area contributed by atoms with Crippen LogP contribution >= 0.6 is 0 Å². The number of hydrogen-bond donors (Lipinski definition) is 1. The van der Waals surface area contributed by atoms with Crippen molar-refractivity contribution >= 4 is 11.8 Å². The van der Waals surface area contributed by atoms with E-state index < -0.39 is 0 Å². The highest BCUT2D eigenvalue weighted by Gasteiger charge is 2.41. The summed E-state index contributed by atoms with van der Waals surface area (Å²) in [4.78, 5) is 26.6. The first-order valence-corrected chi connectivity index (χ1v) is 12.0. The average molecular weight is 438 g/mol. The Morgan fingerprint density at radius 1 is 1.16 bits per heavy atom. The Bertz CT molecular complexity index is 928. The lowest BCUT2D eigenvalue weighted by Gasteiger charge is -2.36. The lowest BCUT2D eigenvalue weighted by atomic mass is 9.72. The quantitative estimate of drug-likeness (QED) is 0.540. The second-order valence-corrected chi connectivity index (χ2v) is 10.8. The highest BCUT2D eigenvalue weighted by molar-refractivity contribution is 6.04. The Hall–Kier alpha value is -2.36. The fourth-order valence-electron chi connectivity index (χ4n) is 4.83. The summed E-state index contributed by atoms with van der Waals surface area (Å²) in [7, 11) is 0. The van der Waals surface area contributed by atoms with Crippen molar-refractivity contribution in [3.05, 3.63) is 57.9 Å². The number of esters is 1.